The van der Waals surface area contributed by atoms with E-state index in [1.54, 1.807) is 12.1 Å². The third-order valence-electron chi connectivity index (χ3n) is 4.27. The predicted octanol–water partition coefficient (Wildman–Crippen LogP) is 4.35. The molecule has 0 amide bonds. The summed E-state index contributed by atoms with van der Waals surface area (Å²) in [6.07, 6.45) is 0.0473. The molecule has 22 heavy (non-hydrogen) atoms. The Balaban J connectivity index is 2.33. The topological polar surface area (TPSA) is 34.6 Å². The molecule has 0 saturated carbocycles. The third kappa shape index (κ3) is 1.82. The monoisotopic (exact) mass is 288 g/mol. The lowest BCUT2D eigenvalue weighted by Crippen LogP contribution is -2.36. The molecule has 0 saturated heterocycles. The van der Waals surface area contributed by atoms with E-state index in [0.717, 1.165) is 22.6 Å². The van der Waals surface area contributed by atoms with Crippen molar-refractivity contribution in [3.8, 4) is 6.07 Å². The summed E-state index contributed by atoms with van der Waals surface area (Å²) >= 11 is 0. The van der Waals surface area contributed by atoms with Crippen molar-refractivity contribution in [1.29, 1.82) is 5.26 Å². The smallest absolute Gasteiger partial charge is 0.212 e. The number of aryl methyl sites for hydroxylation is 1. The van der Waals surface area contributed by atoms with Crippen molar-refractivity contribution in [1.82, 2.24) is 0 Å². The second-order valence-corrected chi connectivity index (χ2v) is 5.45. The number of fused-ring (bicyclic) bond motifs is 1. The standard InChI is InChI=1S/C18H16N4/c1-12-7-5-6-8-16(12)22-13(2)21(4)17-14(11-19)9-10-15(20-3)18(17)22/h5-10,13H,1-2,4H3/t13-/m0/s1. The predicted molar refractivity (Wildman–Crippen MR) is 88.6 cm³/mol. The highest BCUT2D eigenvalue weighted by molar-refractivity contribution is 5.96. The highest BCUT2D eigenvalue weighted by Crippen LogP contribution is 2.50. The second kappa shape index (κ2) is 5.09. The van der Waals surface area contributed by atoms with Crippen LogP contribution in [0.1, 0.15) is 18.1 Å². The molecular formula is C18H16N4. The minimum absolute atomic E-state index is 0.0473. The van der Waals surface area contributed by atoms with Gasteiger partial charge in [0.2, 0.25) is 5.69 Å². The third-order valence-corrected chi connectivity index (χ3v) is 4.27. The highest BCUT2D eigenvalue weighted by atomic mass is 15.4. The number of para-hydroxylation sites is 1. The molecule has 0 fully saturated rings. The van der Waals surface area contributed by atoms with Crippen LogP contribution in [0.2, 0.25) is 0 Å². The minimum Gasteiger partial charge on any atom is -0.353 e. The molecule has 108 valence electrons. The van der Waals surface area contributed by atoms with Gasteiger partial charge in [-0.05, 0) is 25.5 Å². The molecule has 0 spiro atoms. The Bertz CT molecular complexity index is 826. The van der Waals surface area contributed by atoms with Crippen molar-refractivity contribution in [3.63, 3.8) is 0 Å². The Labute approximate surface area is 130 Å². The second-order valence-electron chi connectivity index (χ2n) is 5.45. The van der Waals surface area contributed by atoms with Crippen molar-refractivity contribution in [3.05, 3.63) is 58.9 Å². The van der Waals surface area contributed by atoms with Crippen LogP contribution in [0.5, 0.6) is 0 Å². The summed E-state index contributed by atoms with van der Waals surface area (Å²) in [4.78, 5) is 7.88. The van der Waals surface area contributed by atoms with Gasteiger partial charge >= 0.3 is 0 Å². The summed E-state index contributed by atoms with van der Waals surface area (Å²) in [7, 11) is 1.97. The molecule has 0 N–H and O–H groups in total. The van der Waals surface area contributed by atoms with E-state index >= 15 is 0 Å². The minimum atomic E-state index is 0.0473. The van der Waals surface area contributed by atoms with Gasteiger partial charge in [0.25, 0.3) is 0 Å². The molecule has 0 radical (unpaired) electrons. The lowest BCUT2D eigenvalue weighted by atomic mass is 10.1. The Morgan fingerprint density at radius 2 is 1.91 bits per heavy atom. The zero-order valence-corrected chi connectivity index (χ0v) is 12.8. The maximum Gasteiger partial charge on any atom is 0.212 e. The van der Waals surface area contributed by atoms with Crippen LogP contribution in [0.15, 0.2) is 36.4 Å². The molecule has 0 unspecified atom stereocenters. The zero-order valence-electron chi connectivity index (χ0n) is 12.8. The summed E-state index contributed by atoms with van der Waals surface area (Å²) in [5, 5.41) is 9.41. The van der Waals surface area contributed by atoms with E-state index in [4.69, 9.17) is 6.57 Å². The number of benzene rings is 2. The Morgan fingerprint density at radius 1 is 1.18 bits per heavy atom. The number of rotatable bonds is 1. The molecule has 0 bridgehead atoms. The molecule has 1 atom stereocenters. The first kappa shape index (κ1) is 14.0. The summed E-state index contributed by atoms with van der Waals surface area (Å²) in [5.41, 5.74) is 5.07. The van der Waals surface area contributed by atoms with E-state index in [2.05, 4.69) is 46.7 Å². The number of nitriles is 1. The first-order valence-electron chi connectivity index (χ1n) is 7.12. The lowest BCUT2D eigenvalue weighted by molar-refractivity contribution is 0.732. The van der Waals surface area contributed by atoms with E-state index in [9.17, 15) is 5.26 Å². The van der Waals surface area contributed by atoms with Gasteiger partial charge in [-0.3, -0.25) is 0 Å². The fourth-order valence-corrected chi connectivity index (χ4v) is 3.05. The van der Waals surface area contributed by atoms with Crippen molar-refractivity contribution in [2.24, 2.45) is 0 Å². The van der Waals surface area contributed by atoms with Gasteiger partial charge in [-0.2, -0.15) is 5.26 Å². The molecule has 1 aliphatic rings. The molecule has 3 rings (SSSR count). The molecular weight excluding hydrogens is 272 g/mol. The van der Waals surface area contributed by atoms with E-state index in [1.165, 1.54) is 0 Å². The van der Waals surface area contributed by atoms with E-state index in [-0.39, 0.29) is 6.17 Å². The maximum absolute atomic E-state index is 9.41. The summed E-state index contributed by atoms with van der Waals surface area (Å²) < 4.78 is 0. The van der Waals surface area contributed by atoms with Crippen LogP contribution in [0, 0.1) is 24.8 Å². The molecule has 4 heteroatoms. The summed E-state index contributed by atoms with van der Waals surface area (Å²) in [5.74, 6) is 0. The van der Waals surface area contributed by atoms with Crippen LogP contribution in [-0.2, 0) is 0 Å². The average Bonchev–Trinajstić information content (AvgIpc) is 2.80. The van der Waals surface area contributed by atoms with Gasteiger partial charge in [0.15, 0.2) is 0 Å². The van der Waals surface area contributed by atoms with Crippen LogP contribution in [0.3, 0.4) is 0 Å². The fourth-order valence-electron chi connectivity index (χ4n) is 3.05. The van der Waals surface area contributed by atoms with Crippen molar-refractivity contribution < 1.29 is 0 Å². The molecule has 0 aromatic heterocycles. The van der Waals surface area contributed by atoms with Crippen LogP contribution >= 0.6 is 0 Å². The first-order chi connectivity index (χ1) is 10.6. The largest absolute Gasteiger partial charge is 0.353 e. The van der Waals surface area contributed by atoms with Crippen LogP contribution < -0.4 is 9.80 Å². The van der Waals surface area contributed by atoms with Gasteiger partial charge in [-0.15, -0.1) is 0 Å². The molecule has 0 aliphatic carbocycles. The molecule has 4 nitrogen and oxygen atoms in total. The average molecular weight is 288 g/mol. The number of anilines is 3. The van der Waals surface area contributed by atoms with E-state index in [1.807, 2.05) is 19.2 Å². The van der Waals surface area contributed by atoms with Gasteiger partial charge in [-0.1, -0.05) is 30.3 Å². The van der Waals surface area contributed by atoms with Crippen LogP contribution in [-0.4, -0.2) is 13.2 Å². The summed E-state index contributed by atoms with van der Waals surface area (Å²) in [6, 6.07) is 13.8. The van der Waals surface area contributed by atoms with Gasteiger partial charge in [0.05, 0.1) is 23.5 Å². The van der Waals surface area contributed by atoms with Crippen LogP contribution in [0.4, 0.5) is 22.7 Å². The normalized spacial score (nSPS) is 16.1. The van der Waals surface area contributed by atoms with Crippen molar-refractivity contribution in [2.45, 2.75) is 20.0 Å². The van der Waals surface area contributed by atoms with Crippen molar-refractivity contribution in [2.75, 3.05) is 16.8 Å². The highest BCUT2D eigenvalue weighted by Gasteiger charge is 2.36. The SMILES string of the molecule is [C-]#[N+]c1ccc(C#N)c2c1N(c1ccccc1C)[C@@H](C)N2C. The van der Waals surface area contributed by atoms with Gasteiger partial charge in [0, 0.05) is 12.7 Å². The Hall–Kier alpha value is -2.98. The zero-order chi connectivity index (χ0) is 15.9. The fraction of sp³-hybridized carbons (Fsp3) is 0.222. The first-order valence-corrected chi connectivity index (χ1v) is 7.12. The van der Waals surface area contributed by atoms with Gasteiger partial charge in [0.1, 0.15) is 12.2 Å². The van der Waals surface area contributed by atoms with E-state index in [0.29, 0.717) is 11.3 Å². The molecule has 1 aliphatic heterocycles. The lowest BCUT2D eigenvalue weighted by Gasteiger charge is -2.29. The maximum atomic E-state index is 9.41. The van der Waals surface area contributed by atoms with Gasteiger partial charge < -0.3 is 9.80 Å². The molecule has 2 aromatic rings. The van der Waals surface area contributed by atoms with Crippen LogP contribution in [0.25, 0.3) is 4.85 Å². The number of hydrogen-bond acceptors (Lipinski definition) is 3. The molecule has 1 heterocycles. The Kier molecular flexibility index (Phi) is 3.23. The number of nitrogens with zero attached hydrogens (tertiary/aromatic N) is 4. The van der Waals surface area contributed by atoms with E-state index < -0.39 is 0 Å². The quantitative estimate of drug-likeness (QED) is 0.732. The molecule has 2 aromatic carbocycles. The number of hydrogen-bond donors (Lipinski definition) is 0. The Morgan fingerprint density at radius 3 is 2.55 bits per heavy atom. The van der Waals surface area contributed by atoms with Crippen molar-refractivity contribution >= 4 is 22.7 Å². The van der Waals surface area contributed by atoms with Gasteiger partial charge in [-0.25, -0.2) is 4.85 Å². The summed E-state index contributed by atoms with van der Waals surface area (Å²) in [6.45, 7) is 11.6.